The molecule has 2 aromatic carbocycles. The van der Waals surface area contributed by atoms with Crippen molar-refractivity contribution < 1.29 is 0 Å². The standard InChI is InChI=1S/C19H18ClN5/c1-12-3-2-4-13(9-12)10-14-11-17(21)23-19(22)18(14)25-24-16-7-5-15(20)6-8-16/h2-9,11H,10H2,1H3,(H4,21,22,23). The fourth-order valence-electron chi connectivity index (χ4n) is 2.54. The van der Waals surface area contributed by atoms with Crippen LogP contribution in [-0.4, -0.2) is 4.98 Å². The highest BCUT2D eigenvalue weighted by Crippen LogP contribution is 2.31. The molecule has 5 nitrogen and oxygen atoms in total. The maximum absolute atomic E-state index is 6.03. The van der Waals surface area contributed by atoms with Crippen molar-refractivity contribution in [3.8, 4) is 0 Å². The second-order valence-corrected chi connectivity index (χ2v) is 6.22. The van der Waals surface area contributed by atoms with Crippen molar-refractivity contribution in [2.24, 2.45) is 10.2 Å². The summed E-state index contributed by atoms with van der Waals surface area (Å²) in [5, 5.41) is 9.18. The molecular formula is C19H18ClN5. The van der Waals surface area contributed by atoms with Crippen LogP contribution in [0.15, 0.2) is 64.8 Å². The SMILES string of the molecule is Cc1cccc(Cc2cc(N)nc(N)c2N=Nc2ccc(Cl)cc2)c1. The number of nitrogens with two attached hydrogens (primary N) is 2. The van der Waals surface area contributed by atoms with Crippen molar-refractivity contribution in [3.63, 3.8) is 0 Å². The van der Waals surface area contributed by atoms with Crippen molar-refractivity contribution in [2.45, 2.75) is 13.3 Å². The molecule has 0 saturated carbocycles. The molecule has 0 spiro atoms. The summed E-state index contributed by atoms with van der Waals surface area (Å²) in [5.41, 5.74) is 16.3. The molecule has 4 N–H and O–H groups in total. The number of nitrogens with zero attached hydrogens (tertiary/aromatic N) is 3. The second-order valence-electron chi connectivity index (χ2n) is 5.78. The van der Waals surface area contributed by atoms with Gasteiger partial charge in [-0.05, 0) is 54.8 Å². The zero-order valence-electron chi connectivity index (χ0n) is 13.8. The van der Waals surface area contributed by atoms with Crippen molar-refractivity contribution in [1.29, 1.82) is 0 Å². The van der Waals surface area contributed by atoms with Gasteiger partial charge in [0.15, 0.2) is 5.82 Å². The summed E-state index contributed by atoms with van der Waals surface area (Å²) >= 11 is 5.88. The van der Waals surface area contributed by atoms with E-state index in [2.05, 4.69) is 40.3 Å². The first-order chi connectivity index (χ1) is 12.0. The number of azo groups is 1. The lowest BCUT2D eigenvalue weighted by Gasteiger charge is -2.09. The summed E-state index contributed by atoms with van der Waals surface area (Å²) in [7, 11) is 0. The fourth-order valence-corrected chi connectivity index (χ4v) is 2.67. The molecule has 0 aliphatic carbocycles. The lowest BCUT2D eigenvalue weighted by molar-refractivity contribution is 1.12. The van der Waals surface area contributed by atoms with Gasteiger partial charge in [-0.15, -0.1) is 5.11 Å². The van der Waals surface area contributed by atoms with Gasteiger partial charge in [0.1, 0.15) is 11.5 Å². The topological polar surface area (TPSA) is 89.6 Å². The first-order valence-electron chi connectivity index (χ1n) is 7.79. The lowest BCUT2D eigenvalue weighted by Crippen LogP contribution is -2.00. The van der Waals surface area contributed by atoms with Crippen LogP contribution in [0.2, 0.25) is 5.02 Å². The normalized spacial score (nSPS) is 11.1. The van der Waals surface area contributed by atoms with E-state index in [1.807, 2.05) is 6.07 Å². The molecule has 0 aliphatic heterocycles. The first-order valence-corrected chi connectivity index (χ1v) is 8.17. The zero-order chi connectivity index (χ0) is 17.8. The molecule has 1 heterocycles. The van der Waals surface area contributed by atoms with Crippen molar-refractivity contribution >= 4 is 34.6 Å². The number of aryl methyl sites for hydroxylation is 1. The third kappa shape index (κ3) is 4.33. The number of pyridine rings is 1. The van der Waals surface area contributed by atoms with Crippen LogP contribution in [-0.2, 0) is 6.42 Å². The van der Waals surface area contributed by atoms with Crippen LogP contribution in [0.4, 0.5) is 23.0 Å². The highest BCUT2D eigenvalue weighted by Gasteiger charge is 2.10. The Balaban J connectivity index is 1.96. The van der Waals surface area contributed by atoms with Crippen LogP contribution >= 0.6 is 11.6 Å². The molecule has 0 aliphatic rings. The lowest BCUT2D eigenvalue weighted by atomic mass is 10.0. The highest BCUT2D eigenvalue weighted by atomic mass is 35.5. The van der Waals surface area contributed by atoms with E-state index in [1.54, 1.807) is 30.3 Å². The fraction of sp³-hybridized carbons (Fsp3) is 0.105. The molecule has 1 aromatic heterocycles. The van der Waals surface area contributed by atoms with Crippen molar-refractivity contribution in [3.05, 3.63) is 76.3 Å². The largest absolute Gasteiger partial charge is 0.384 e. The molecule has 0 bridgehead atoms. The van der Waals surface area contributed by atoms with E-state index in [1.165, 1.54) is 5.56 Å². The molecule has 25 heavy (non-hydrogen) atoms. The number of aromatic nitrogens is 1. The van der Waals surface area contributed by atoms with Crippen LogP contribution in [0.3, 0.4) is 0 Å². The van der Waals surface area contributed by atoms with E-state index >= 15 is 0 Å². The van der Waals surface area contributed by atoms with Crippen molar-refractivity contribution in [2.75, 3.05) is 11.5 Å². The van der Waals surface area contributed by atoms with Gasteiger partial charge in [-0.1, -0.05) is 41.4 Å². The number of hydrogen-bond donors (Lipinski definition) is 2. The predicted molar refractivity (Wildman–Crippen MR) is 103 cm³/mol. The minimum atomic E-state index is 0.264. The van der Waals surface area contributed by atoms with E-state index in [-0.39, 0.29) is 5.82 Å². The summed E-state index contributed by atoms with van der Waals surface area (Å²) in [6.07, 6.45) is 0.646. The van der Waals surface area contributed by atoms with E-state index in [9.17, 15) is 0 Å². The number of hydrogen-bond acceptors (Lipinski definition) is 5. The average Bonchev–Trinajstić information content (AvgIpc) is 2.55. The molecule has 0 amide bonds. The Kier molecular flexibility index (Phi) is 4.95. The van der Waals surface area contributed by atoms with Crippen LogP contribution in [0.1, 0.15) is 16.7 Å². The Hall–Kier alpha value is -2.92. The Bertz CT molecular complexity index is 920. The Morgan fingerprint density at radius 2 is 1.76 bits per heavy atom. The van der Waals surface area contributed by atoms with Crippen LogP contribution in [0, 0.1) is 6.92 Å². The molecule has 0 saturated heterocycles. The Morgan fingerprint density at radius 3 is 2.48 bits per heavy atom. The molecule has 0 fully saturated rings. The predicted octanol–water partition coefficient (Wildman–Crippen LogP) is 5.21. The van der Waals surface area contributed by atoms with Crippen LogP contribution in [0.5, 0.6) is 0 Å². The minimum Gasteiger partial charge on any atom is -0.384 e. The minimum absolute atomic E-state index is 0.264. The highest BCUT2D eigenvalue weighted by molar-refractivity contribution is 6.30. The number of nitrogen functional groups attached to an aromatic ring is 2. The Morgan fingerprint density at radius 1 is 1.00 bits per heavy atom. The molecule has 3 aromatic rings. The van der Waals surface area contributed by atoms with Gasteiger partial charge in [0.2, 0.25) is 0 Å². The van der Waals surface area contributed by atoms with E-state index < -0.39 is 0 Å². The van der Waals surface area contributed by atoms with Crippen LogP contribution < -0.4 is 11.5 Å². The molecule has 0 atom stereocenters. The van der Waals surface area contributed by atoms with Gasteiger partial charge in [-0.3, -0.25) is 0 Å². The van der Waals surface area contributed by atoms with Crippen LogP contribution in [0.25, 0.3) is 0 Å². The van der Waals surface area contributed by atoms with Crippen molar-refractivity contribution in [1.82, 2.24) is 4.98 Å². The number of halogens is 1. The van der Waals surface area contributed by atoms with E-state index in [0.29, 0.717) is 28.6 Å². The maximum Gasteiger partial charge on any atom is 0.154 e. The molecule has 126 valence electrons. The Labute approximate surface area is 151 Å². The average molecular weight is 352 g/mol. The van der Waals surface area contributed by atoms with Gasteiger partial charge >= 0.3 is 0 Å². The van der Waals surface area contributed by atoms with Gasteiger partial charge in [0.25, 0.3) is 0 Å². The molecule has 0 unspecified atom stereocenters. The third-order valence-electron chi connectivity index (χ3n) is 3.69. The molecule has 0 radical (unpaired) electrons. The number of rotatable bonds is 4. The van der Waals surface area contributed by atoms with Gasteiger partial charge < -0.3 is 11.5 Å². The summed E-state index contributed by atoms with van der Waals surface area (Å²) in [5.74, 6) is 0.631. The van der Waals surface area contributed by atoms with E-state index in [4.69, 9.17) is 23.1 Å². The zero-order valence-corrected chi connectivity index (χ0v) is 14.5. The quantitative estimate of drug-likeness (QED) is 0.632. The smallest absolute Gasteiger partial charge is 0.154 e. The van der Waals surface area contributed by atoms with Gasteiger partial charge in [-0.2, -0.15) is 5.11 Å². The molecule has 6 heteroatoms. The monoisotopic (exact) mass is 351 g/mol. The van der Waals surface area contributed by atoms with Gasteiger partial charge in [0, 0.05) is 5.02 Å². The summed E-state index contributed by atoms with van der Waals surface area (Å²) in [6.45, 7) is 2.06. The second kappa shape index (κ2) is 7.32. The summed E-state index contributed by atoms with van der Waals surface area (Å²) < 4.78 is 0. The van der Waals surface area contributed by atoms with E-state index in [0.717, 1.165) is 11.1 Å². The van der Waals surface area contributed by atoms with Gasteiger partial charge in [-0.25, -0.2) is 4.98 Å². The molecular weight excluding hydrogens is 334 g/mol. The third-order valence-corrected chi connectivity index (χ3v) is 3.94. The summed E-state index contributed by atoms with van der Waals surface area (Å²) in [4.78, 5) is 4.10. The van der Waals surface area contributed by atoms with Gasteiger partial charge in [0.05, 0.1) is 5.69 Å². The number of anilines is 2. The molecule has 3 rings (SSSR count). The summed E-state index contributed by atoms with van der Waals surface area (Å²) in [6, 6.07) is 17.1. The maximum atomic E-state index is 6.03. The number of benzene rings is 2. The first kappa shape index (κ1) is 16.9.